The van der Waals surface area contributed by atoms with Crippen molar-refractivity contribution < 1.29 is 0 Å². The predicted molar refractivity (Wildman–Crippen MR) is 92.1 cm³/mol. The predicted octanol–water partition coefficient (Wildman–Crippen LogP) is 4.57. The Morgan fingerprint density at radius 1 is 1.00 bits per heavy atom. The van der Waals surface area contributed by atoms with Crippen LogP contribution in [-0.2, 0) is 0 Å². The van der Waals surface area contributed by atoms with Crippen LogP contribution in [0.1, 0.15) is 5.56 Å². The van der Waals surface area contributed by atoms with Gasteiger partial charge >= 0.3 is 0 Å². The third-order valence-corrected chi connectivity index (χ3v) is 3.90. The van der Waals surface area contributed by atoms with Crippen molar-refractivity contribution in [2.45, 2.75) is 0 Å². The van der Waals surface area contributed by atoms with Gasteiger partial charge in [-0.3, -0.25) is 4.98 Å². The van der Waals surface area contributed by atoms with Crippen molar-refractivity contribution in [1.29, 1.82) is 5.26 Å². The fraction of sp³-hybridized carbons (Fsp3) is 0. The van der Waals surface area contributed by atoms with Gasteiger partial charge in [0.25, 0.3) is 0 Å². The SMILES string of the molecule is N#Cc1c(-c2ccc(Cl)cc2Cl)cc(-c2ccncc2)nc1N. The number of aromatic nitrogens is 2. The van der Waals surface area contributed by atoms with Gasteiger partial charge in [-0.25, -0.2) is 4.98 Å². The number of pyridine rings is 2. The molecule has 0 spiro atoms. The quantitative estimate of drug-likeness (QED) is 0.741. The van der Waals surface area contributed by atoms with E-state index < -0.39 is 0 Å². The van der Waals surface area contributed by atoms with Crippen LogP contribution in [0.5, 0.6) is 0 Å². The van der Waals surface area contributed by atoms with Gasteiger partial charge in [0.2, 0.25) is 0 Å². The van der Waals surface area contributed by atoms with Crippen LogP contribution >= 0.6 is 23.2 Å². The number of nitriles is 1. The molecule has 0 aliphatic heterocycles. The maximum Gasteiger partial charge on any atom is 0.142 e. The van der Waals surface area contributed by atoms with Gasteiger partial charge in [-0.05, 0) is 30.3 Å². The van der Waals surface area contributed by atoms with E-state index in [-0.39, 0.29) is 11.4 Å². The summed E-state index contributed by atoms with van der Waals surface area (Å²) >= 11 is 12.2. The minimum Gasteiger partial charge on any atom is -0.383 e. The van der Waals surface area contributed by atoms with Crippen LogP contribution in [0.25, 0.3) is 22.4 Å². The molecule has 4 nitrogen and oxygen atoms in total. The molecule has 0 radical (unpaired) electrons. The van der Waals surface area contributed by atoms with Gasteiger partial charge in [0.15, 0.2) is 0 Å². The van der Waals surface area contributed by atoms with Crippen molar-refractivity contribution >= 4 is 29.0 Å². The summed E-state index contributed by atoms with van der Waals surface area (Å²) in [6.45, 7) is 0. The van der Waals surface area contributed by atoms with E-state index >= 15 is 0 Å². The number of hydrogen-bond acceptors (Lipinski definition) is 4. The summed E-state index contributed by atoms with van der Waals surface area (Å²) in [5.41, 5.74) is 9.04. The number of anilines is 1. The molecule has 0 aliphatic carbocycles. The Morgan fingerprint density at radius 3 is 2.39 bits per heavy atom. The third kappa shape index (κ3) is 2.98. The molecule has 2 heterocycles. The van der Waals surface area contributed by atoms with Crippen LogP contribution in [0.15, 0.2) is 48.8 Å². The molecule has 2 N–H and O–H groups in total. The lowest BCUT2D eigenvalue weighted by Gasteiger charge is -2.11. The molecule has 23 heavy (non-hydrogen) atoms. The highest BCUT2D eigenvalue weighted by atomic mass is 35.5. The largest absolute Gasteiger partial charge is 0.383 e. The van der Waals surface area contributed by atoms with E-state index in [0.29, 0.717) is 26.9 Å². The van der Waals surface area contributed by atoms with Gasteiger partial charge in [-0.2, -0.15) is 5.26 Å². The zero-order chi connectivity index (χ0) is 16.4. The number of rotatable bonds is 2. The number of halogens is 2. The Kier molecular flexibility index (Phi) is 4.16. The maximum atomic E-state index is 9.42. The second-order valence-corrected chi connectivity index (χ2v) is 5.63. The number of nitrogen functional groups attached to an aromatic ring is 1. The zero-order valence-corrected chi connectivity index (χ0v) is 13.3. The first kappa shape index (κ1) is 15.3. The van der Waals surface area contributed by atoms with Crippen LogP contribution in [-0.4, -0.2) is 9.97 Å². The number of nitrogens with two attached hydrogens (primary N) is 1. The lowest BCUT2D eigenvalue weighted by Crippen LogP contribution is -2.00. The first-order valence-electron chi connectivity index (χ1n) is 6.66. The van der Waals surface area contributed by atoms with Gasteiger partial charge in [-0.15, -0.1) is 0 Å². The van der Waals surface area contributed by atoms with Crippen LogP contribution in [0, 0.1) is 11.3 Å². The monoisotopic (exact) mass is 340 g/mol. The second kappa shape index (κ2) is 6.25. The van der Waals surface area contributed by atoms with E-state index in [2.05, 4.69) is 16.0 Å². The van der Waals surface area contributed by atoms with Crippen molar-refractivity contribution in [3.05, 3.63) is 64.4 Å². The molecule has 6 heteroatoms. The molecule has 0 saturated carbocycles. The smallest absolute Gasteiger partial charge is 0.142 e. The van der Waals surface area contributed by atoms with Gasteiger partial charge in [0, 0.05) is 39.1 Å². The molecule has 3 aromatic rings. The summed E-state index contributed by atoms with van der Waals surface area (Å²) < 4.78 is 0. The molecule has 0 unspecified atom stereocenters. The summed E-state index contributed by atoms with van der Waals surface area (Å²) in [7, 11) is 0. The minimum atomic E-state index is 0.155. The summed E-state index contributed by atoms with van der Waals surface area (Å²) in [5.74, 6) is 0.155. The van der Waals surface area contributed by atoms with Gasteiger partial charge in [0.1, 0.15) is 17.5 Å². The highest BCUT2D eigenvalue weighted by molar-refractivity contribution is 6.36. The van der Waals surface area contributed by atoms with Crippen molar-refractivity contribution in [2.75, 3.05) is 5.73 Å². The van der Waals surface area contributed by atoms with Gasteiger partial charge in [-0.1, -0.05) is 29.3 Å². The van der Waals surface area contributed by atoms with Crippen molar-refractivity contribution in [3.63, 3.8) is 0 Å². The molecule has 0 saturated heterocycles. The van der Waals surface area contributed by atoms with E-state index in [1.54, 1.807) is 36.7 Å². The fourth-order valence-corrected chi connectivity index (χ4v) is 2.78. The number of benzene rings is 1. The summed E-state index contributed by atoms with van der Waals surface area (Å²) in [5, 5.41) is 10.4. The summed E-state index contributed by atoms with van der Waals surface area (Å²) in [6, 6.07) is 12.6. The normalized spacial score (nSPS) is 10.3. The highest BCUT2D eigenvalue weighted by Crippen LogP contribution is 2.36. The molecule has 0 aliphatic rings. The molecule has 0 amide bonds. The second-order valence-electron chi connectivity index (χ2n) is 4.79. The Labute approximate surface area is 143 Å². The molecular formula is C17H10Cl2N4. The van der Waals surface area contributed by atoms with E-state index in [0.717, 1.165) is 5.56 Å². The van der Waals surface area contributed by atoms with E-state index in [4.69, 9.17) is 28.9 Å². The average Bonchev–Trinajstić information content (AvgIpc) is 2.55. The Bertz CT molecular complexity index is 918. The molecule has 2 aromatic heterocycles. The molecule has 3 rings (SSSR count). The highest BCUT2D eigenvalue weighted by Gasteiger charge is 2.15. The van der Waals surface area contributed by atoms with Gasteiger partial charge in [0.05, 0.1) is 5.69 Å². The van der Waals surface area contributed by atoms with Crippen LogP contribution < -0.4 is 5.73 Å². The van der Waals surface area contributed by atoms with Crippen molar-refractivity contribution in [1.82, 2.24) is 9.97 Å². The fourth-order valence-electron chi connectivity index (χ4n) is 2.27. The molecule has 0 atom stereocenters. The van der Waals surface area contributed by atoms with Crippen LogP contribution in [0.2, 0.25) is 10.0 Å². The standard InChI is InChI=1S/C17H10Cl2N4/c18-11-1-2-12(15(19)7-11)13-8-16(10-3-5-22-6-4-10)23-17(21)14(13)9-20/h1-8H,(H2,21,23). The zero-order valence-electron chi connectivity index (χ0n) is 11.8. The van der Waals surface area contributed by atoms with E-state index in [9.17, 15) is 5.26 Å². The Hall–Kier alpha value is -2.61. The average molecular weight is 341 g/mol. The lowest BCUT2D eigenvalue weighted by atomic mass is 9.98. The van der Waals surface area contributed by atoms with E-state index in [1.807, 2.05) is 12.1 Å². The van der Waals surface area contributed by atoms with E-state index in [1.165, 1.54) is 0 Å². The van der Waals surface area contributed by atoms with Gasteiger partial charge < -0.3 is 5.73 Å². The molecule has 0 bridgehead atoms. The van der Waals surface area contributed by atoms with Crippen LogP contribution in [0.4, 0.5) is 5.82 Å². The topological polar surface area (TPSA) is 75.6 Å². The molecular weight excluding hydrogens is 331 g/mol. The number of nitrogens with zero attached hydrogens (tertiary/aromatic N) is 3. The molecule has 0 fully saturated rings. The summed E-state index contributed by atoms with van der Waals surface area (Å²) in [4.78, 5) is 8.29. The molecule has 1 aromatic carbocycles. The Morgan fingerprint density at radius 2 is 1.74 bits per heavy atom. The first-order valence-corrected chi connectivity index (χ1v) is 7.42. The first-order chi connectivity index (χ1) is 11.1. The maximum absolute atomic E-state index is 9.42. The van der Waals surface area contributed by atoms with Crippen molar-refractivity contribution in [3.8, 4) is 28.5 Å². The summed E-state index contributed by atoms with van der Waals surface area (Å²) in [6.07, 6.45) is 3.33. The van der Waals surface area contributed by atoms with Crippen molar-refractivity contribution in [2.24, 2.45) is 0 Å². The minimum absolute atomic E-state index is 0.155. The molecule has 112 valence electrons. The van der Waals surface area contributed by atoms with Crippen LogP contribution in [0.3, 0.4) is 0 Å². The lowest BCUT2D eigenvalue weighted by molar-refractivity contribution is 1.28. The Balaban J connectivity index is 2.27. The third-order valence-electron chi connectivity index (χ3n) is 3.36. The number of hydrogen-bond donors (Lipinski definition) is 1.